The van der Waals surface area contributed by atoms with Crippen LogP contribution in [0, 0.1) is 11.7 Å². The number of aliphatic imine (C=N–C) groups is 1. The SMILES string of the molecule is CCOC(=O)C1=C(C2CCc3nn(CCC(=O)O)cc3C2)NC(c2nccs2)=NC1c1cccc(F)c1Br. The van der Waals surface area contributed by atoms with Crippen molar-refractivity contribution < 1.29 is 23.8 Å². The molecule has 2 aliphatic rings. The molecule has 3 heterocycles. The molecule has 2 unspecified atom stereocenters. The average molecular weight is 602 g/mol. The molecule has 9 nitrogen and oxygen atoms in total. The molecule has 12 heteroatoms. The Balaban J connectivity index is 1.59. The Morgan fingerprint density at radius 1 is 1.37 bits per heavy atom. The summed E-state index contributed by atoms with van der Waals surface area (Å²) in [6.45, 7) is 2.21. The maximum absolute atomic E-state index is 14.6. The lowest BCUT2D eigenvalue weighted by molar-refractivity contribution is -0.139. The van der Waals surface area contributed by atoms with Crippen LogP contribution in [0.3, 0.4) is 0 Å². The van der Waals surface area contributed by atoms with Crippen LogP contribution in [0.15, 0.2) is 56.7 Å². The molecule has 2 aromatic heterocycles. The maximum atomic E-state index is 14.6. The van der Waals surface area contributed by atoms with Gasteiger partial charge in [-0.1, -0.05) is 12.1 Å². The zero-order valence-corrected chi connectivity index (χ0v) is 22.9. The van der Waals surface area contributed by atoms with Crippen molar-refractivity contribution in [3.63, 3.8) is 0 Å². The van der Waals surface area contributed by atoms with Crippen molar-refractivity contribution in [3.8, 4) is 0 Å². The number of aryl methyl sites for hydroxylation is 2. The molecule has 2 N–H and O–H groups in total. The van der Waals surface area contributed by atoms with Crippen molar-refractivity contribution >= 4 is 45.0 Å². The summed E-state index contributed by atoms with van der Waals surface area (Å²) in [6.07, 6.45) is 5.52. The number of carboxylic acids is 1. The van der Waals surface area contributed by atoms with Crippen LogP contribution in [0.25, 0.3) is 0 Å². The van der Waals surface area contributed by atoms with E-state index in [0.717, 1.165) is 11.3 Å². The molecule has 2 atom stereocenters. The normalized spacial score (nSPS) is 19.0. The van der Waals surface area contributed by atoms with E-state index < -0.39 is 23.8 Å². The van der Waals surface area contributed by atoms with Gasteiger partial charge >= 0.3 is 11.9 Å². The first kappa shape index (κ1) is 26.2. The Hall–Kier alpha value is -3.38. The van der Waals surface area contributed by atoms with Gasteiger partial charge in [0.25, 0.3) is 0 Å². The van der Waals surface area contributed by atoms with Gasteiger partial charge in [0.15, 0.2) is 10.8 Å². The van der Waals surface area contributed by atoms with Crippen LogP contribution in [0.5, 0.6) is 0 Å². The lowest BCUT2D eigenvalue weighted by Crippen LogP contribution is -2.38. The number of aliphatic carboxylic acids is 1. The molecule has 1 aromatic carbocycles. The quantitative estimate of drug-likeness (QED) is 0.367. The summed E-state index contributed by atoms with van der Waals surface area (Å²) in [6, 6.07) is 3.87. The Morgan fingerprint density at radius 3 is 2.95 bits per heavy atom. The Morgan fingerprint density at radius 2 is 2.21 bits per heavy atom. The number of nitrogens with zero attached hydrogens (tertiary/aromatic N) is 4. The highest BCUT2D eigenvalue weighted by molar-refractivity contribution is 9.10. The van der Waals surface area contributed by atoms with Gasteiger partial charge in [0.1, 0.15) is 11.9 Å². The molecule has 1 aliphatic carbocycles. The van der Waals surface area contributed by atoms with Crippen molar-refractivity contribution in [1.82, 2.24) is 20.1 Å². The molecule has 5 rings (SSSR count). The van der Waals surface area contributed by atoms with E-state index in [4.69, 9.17) is 14.8 Å². The minimum absolute atomic E-state index is 0.0124. The van der Waals surface area contributed by atoms with E-state index in [2.05, 4.69) is 31.3 Å². The smallest absolute Gasteiger partial charge is 0.338 e. The van der Waals surface area contributed by atoms with E-state index in [0.29, 0.717) is 53.5 Å². The highest BCUT2D eigenvalue weighted by atomic mass is 79.9. The number of amidine groups is 1. The number of carbonyl (C=O) groups is 2. The zero-order chi connectivity index (χ0) is 26.8. The number of rotatable bonds is 8. The fourth-order valence-corrected chi connectivity index (χ4v) is 5.93. The summed E-state index contributed by atoms with van der Waals surface area (Å²) in [5.41, 5.74) is 3.46. The van der Waals surface area contributed by atoms with Gasteiger partial charge in [0, 0.05) is 29.4 Å². The van der Waals surface area contributed by atoms with Crippen LogP contribution >= 0.6 is 27.3 Å². The number of fused-ring (bicyclic) bond motifs is 1. The van der Waals surface area contributed by atoms with E-state index in [-0.39, 0.29) is 23.4 Å². The van der Waals surface area contributed by atoms with Crippen LogP contribution < -0.4 is 5.32 Å². The first-order chi connectivity index (χ1) is 18.4. The standard InChI is InChI=1S/C26H25BrFN5O4S/c1-2-37-26(36)20-22(14-6-7-18-15(12-14)13-33(32-18)10-8-19(34)35)30-24(25-29-9-11-38-25)31-23(20)16-4-3-5-17(28)21(16)27/h3-5,9,11,13-14,23H,2,6-8,10,12H2,1H3,(H,30,31)(H,34,35). The fraction of sp³-hybridized carbons (Fsp3) is 0.346. The molecule has 0 spiro atoms. The predicted molar refractivity (Wildman–Crippen MR) is 142 cm³/mol. The number of aromatic nitrogens is 3. The molecule has 0 fully saturated rings. The number of hydrogen-bond acceptors (Lipinski definition) is 8. The van der Waals surface area contributed by atoms with E-state index >= 15 is 0 Å². The van der Waals surface area contributed by atoms with Crippen LogP contribution in [0.4, 0.5) is 4.39 Å². The highest BCUT2D eigenvalue weighted by Gasteiger charge is 2.38. The summed E-state index contributed by atoms with van der Waals surface area (Å²) in [4.78, 5) is 33.7. The molecule has 38 heavy (non-hydrogen) atoms. The Labute approximate surface area is 230 Å². The number of benzene rings is 1. The van der Waals surface area contributed by atoms with Crippen molar-refractivity contribution in [1.29, 1.82) is 0 Å². The minimum atomic E-state index is -0.879. The third-order valence-corrected chi connectivity index (χ3v) is 8.18. The number of allylic oxidation sites excluding steroid dienone is 1. The summed E-state index contributed by atoms with van der Waals surface area (Å²) in [5, 5.41) is 19.5. The number of carboxylic acid groups (broad SMARTS) is 1. The van der Waals surface area contributed by atoms with E-state index in [1.165, 1.54) is 17.4 Å². The fourth-order valence-electron chi connectivity index (χ4n) is 4.86. The molecule has 0 saturated heterocycles. The molecule has 0 bridgehead atoms. The van der Waals surface area contributed by atoms with E-state index in [9.17, 15) is 14.0 Å². The second kappa shape index (κ2) is 11.2. The van der Waals surface area contributed by atoms with Crippen molar-refractivity contribution in [2.45, 2.75) is 45.2 Å². The summed E-state index contributed by atoms with van der Waals surface area (Å²) < 4.78 is 22.0. The van der Waals surface area contributed by atoms with Crippen LogP contribution in [-0.2, 0) is 33.7 Å². The third kappa shape index (κ3) is 5.28. The van der Waals surface area contributed by atoms with E-state index in [1.54, 1.807) is 29.9 Å². The van der Waals surface area contributed by atoms with Gasteiger partial charge in [-0.05, 0) is 59.3 Å². The van der Waals surface area contributed by atoms with Crippen LogP contribution in [0.2, 0.25) is 0 Å². The number of esters is 1. The van der Waals surface area contributed by atoms with Gasteiger partial charge in [0.05, 0.1) is 35.3 Å². The molecule has 1 aliphatic heterocycles. The van der Waals surface area contributed by atoms with Crippen LogP contribution in [-0.4, -0.2) is 44.3 Å². The number of ether oxygens (including phenoxy) is 1. The second-order valence-electron chi connectivity index (χ2n) is 8.98. The molecule has 0 radical (unpaired) electrons. The van der Waals surface area contributed by atoms with Gasteiger partial charge < -0.3 is 15.2 Å². The Kier molecular flexibility index (Phi) is 7.70. The van der Waals surface area contributed by atoms with Crippen molar-refractivity contribution in [2.75, 3.05) is 6.61 Å². The lowest BCUT2D eigenvalue weighted by atomic mass is 9.81. The lowest BCUT2D eigenvalue weighted by Gasteiger charge is -2.33. The molecule has 3 aromatic rings. The third-order valence-electron chi connectivity index (χ3n) is 6.56. The highest BCUT2D eigenvalue weighted by Crippen LogP contribution is 2.41. The molecule has 198 valence electrons. The number of halogens is 2. The van der Waals surface area contributed by atoms with Gasteiger partial charge in [0.2, 0.25) is 0 Å². The zero-order valence-electron chi connectivity index (χ0n) is 20.5. The summed E-state index contributed by atoms with van der Waals surface area (Å²) in [5.74, 6) is -1.43. The van der Waals surface area contributed by atoms with Crippen molar-refractivity contribution in [2.24, 2.45) is 10.9 Å². The first-order valence-corrected chi connectivity index (χ1v) is 13.9. The number of hydrogen-bond donors (Lipinski definition) is 2. The van der Waals surface area contributed by atoms with Gasteiger partial charge in [-0.15, -0.1) is 11.3 Å². The molecular formula is C26H25BrFN5O4S. The van der Waals surface area contributed by atoms with Gasteiger partial charge in [-0.25, -0.2) is 14.2 Å². The number of carbonyl (C=O) groups excluding carboxylic acids is 1. The van der Waals surface area contributed by atoms with E-state index in [1.807, 2.05) is 11.6 Å². The summed E-state index contributed by atoms with van der Waals surface area (Å²) in [7, 11) is 0. The number of nitrogens with one attached hydrogen (secondary N) is 1. The first-order valence-electron chi connectivity index (χ1n) is 12.2. The van der Waals surface area contributed by atoms with Gasteiger partial charge in [-0.3, -0.25) is 14.5 Å². The topological polar surface area (TPSA) is 119 Å². The van der Waals surface area contributed by atoms with Crippen LogP contribution in [0.1, 0.15) is 47.6 Å². The molecular weight excluding hydrogens is 577 g/mol. The average Bonchev–Trinajstić information content (AvgIpc) is 3.58. The van der Waals surface area contributed by atoms with Gasteiger partial charge in [-0.2, -0.15) is 5.10 Å². The predicted octanol–water partition coefficient (Wildman–Crippen LogP) is 4.43. The number of thiazole rings is 1. The second-order valence-corrected chi connectivity index (χ2v) is 10.7. The summed E-state index contributed by atoms with van der Waals surface area (Å²) >= 11 is 4.77. The minimum Gasteiger partial charge on any atom is -0.481 e. The monoisotopic (exact) mass is 601 g/mol. The largest absolute Gasteiger partial charge is 0.481 e. The maximum Gasteiger partial charge on any atom is 0.338 e. The molecule has 0 saturated carbocycles. The Bertz CT molecular complexity index is 1440. The molecule has 0 amide bonds. The van der Waals surface area contributed by atoms with Crippen molar-refractivity contribution in [3.05, 3.63) is 79.4 Å².